The third-order valence-corrected chi connectivity index (χ3v) is 14.2. The second kappa shape index (κ2) is 16.6. The average Bonchev–Trinajstić information content (AvgIpc) is 4.05. The highest BCUT2D eigenvalue weighted by Crippen LogP contribution is 2.47. The van der Waals surface area contributed by atoms with Crippen LogP contribution in [0.15, 0.2) is 42.6 Å². The molecule has 2 aliphatic carbocycles. The summed E-state index contributed by atoms with van der Waals surface area (Å²) in [5, 5.41) is 4.29. The molecule has 3 heterocycles. The number of aromatic nitrogens is 1. The van der Waals surface area contributed by atoms with Gasteiger partial charge >= 0.3 is 6.09 Å². The summed E-state index contributed by atoms with van der Waals surface area (Å²) < 4.78 is 71.5. The van der Waals surface area contributed by atoms with Crippen molar-refractivity contribution in [2.45, 2.75) is 126 Å². The van der Waals surface area contributed by atoms with Crippen molar-refractivity contribution in [3.8, 4) is 11.6 Å². The lowest BCUT2D eigenvalue weighted by Crippen LogP contribution is -2.61. The smallest absolute Gasteiger partial charge is 0.422 e. The normalized spacial score (nSPS) is 28.7. The Morgan fingerprint density at radius 3 is 2.57 bits per heavy atom. The van der Waals surface area contributed by atoms with Crippen molar-refractivity contribution < 1.29 is 50.6 Å². The van der Waals surface area contributed by atoms with Crippen molar-refractivity contribution in [2.24, 2.45) is 17.8 Å². The molecule has 6 rings (SSSR count). The van der Waals surface area contributed by atoms with Crippen molar-refractivity contribution >= 4 is 44.6 Å². The quantitative estimate of drug-likeness (QED) is 0.184. The molecule has 4 N–H and O–H groups in total. The number of nitrogens with one attached hydrogen (secondary N) is 4. The summed E-state index contributed by atoms with van der Waals surface area (Å²) >= 11 is 0. The van der Waals surface area contributed by atoms with E-state index in [1.54, 1.807) is 38.4 Å². The minimum absolute atomic E-state index is 0.0294. The number of methoxy groups -OCH3 is 1. The van der Waals surface area contributed by atoms with Crippen molar-refractivity contribution in [2.75, 3.05) is 13.7 Å². The standard InChI is InChI=1S/C40H54F2N6O9S/c1-7-24-18-23(2)10-8-9-11-26-21-40(26,36(51)47-58(53,54)39(5)15-16-39)44-32(49)30-20-28(56-33-29-13-12-27(55-6)19-25(29)14-17-43-33)22-48(30)34(50)31(24)45-46-37(52)57-38(3,4)35(41)42/h9,11-14,17,19,23-24,26,28,30-31,35,45H,7-8,10,15-16,18,20-22H2,1-6H3,(H,44,49)(H,46,52)(H,47,51). The Morgan fingerprint density at radius 2 is 1.90 bits per heavy atom. The molecule has 1 aromatic heterocycles. The molecule has 0 bridgehead atoms. The number of hydrogen-bond acceptors (Lipinski definition) is 11. The molecule has 0 radical (unpaired) electrons. The van der Waals surface area contributed by atoms with Gasteiger partial charge in [-0.2, -0.15) is 0 Å². The fraction of sp³-hybridized carbons (Fsp3) is 0.625. The molecule has 1 aromatic carbocycles. The number of carbonyl (C=O) groups is 4. The number of fused-ring (bicyclic) bond motifs is 3. The lowest BCUT2D eigenvalue weighted by molar-refractivity contribution is -0.142. The molecule has 7 atom stereocenters. The van der Waals surface area contributed by atoms with Gasteiger partial charge in [-0.15, -0.1) is 0 Å². The van der Waals surface area contributed by atoms with Crippen LogP contribution in [0.5, 0.6) is 11.6 Å². The summed E-state index contributed by atoms with van der Waals surface area (Å²) in [4.78, 5) is 62.0. The van der Waals surface area contributed by atoms with Crippen LogP contribution in [-0.4, -0.2) is 96.3 Å². The van der Waals surface area contributed by atoms with Crippen molar-refractivity contribution in [3.63, 3.8) is 0 Å². The highest BCUT2D eigenvalue weighted by atomic mass is 32.2. The molecular formula is C40H54F2N6O9S. The first-order valence-corrected chi connectivity index (χ1v) is 21.3. The monoisotopic (exact) mass is 832 g/mol. The van der Waals surface area contributed by atoms with Crippen LogP contribution in [0.2, 0.25) is 0 Å². The van der Waals surface area contributed by atoms with E-state index in [4.69, 9.17) is 14.2 Å². The number of hydrogen-bond donors (Lipinski definition) is 4. The van der Waals surface area contributed by atoms with E-state index in [-0.39, 0.29) is 31.2 Å². The van der Waals surface area contributed by atoms with Crippen molar-refractivity contribution in [3.05, 3.63) is 42.6 Å². The molecule has 4 amide bonds. The van der Waals surface area contributed by atoms with Crippen molar-refractivity contribution in [1.29, 1.82) is 0 Å². The summed E-state index contributed by atoms with van der Waals surface area (Å²) in [5.74, 6) is -2.09. The first-order chi connectivity index (χ1) is 27.3. The molecule has 18 heteroatoms. The molecule has 2 aliphatic heterocycles. The summed E-state index contributed by atoms with van der Waals surface area (Å²) in [6.45, 7) is 7.50. The molecule has 2 saturated carbocycles. The zero-order valence-electron chi connectivity index (χ0n) is 33.7. The van der Waals surface area contributed by atoms with Crippen LogP contribution in [0.3, 0.4) is 0 Å². The number of allylic oxidation sites excluding steroid dienone is 1. The molecule has 0 spiro atoms. The van der Waals surface area contributed by atoms with Gasteiger partial charge < -0.3 is 24.4 Å². The van der Waals surface area contributed by atoms with Gasteiger partial charge in [0.1, 0.15) is 29.5 Å². The second-order valence-corrected chi connectivity index (χ2v) is 19.1. The van der Waals surface area contributed by atoms with Gasteiger partial charge in [-0.1, -0.05) is 32.4 Å². The number of ether oxygens (including phenoxy) is 3. The fourth-order valence-electron chi connectivity index (χ4n) is 7.77. The number of sulfonamides is 1. The Morgan fingerprint density at radius 1 is 1.16 bits per heavy atom. The van der Waals surface area contributed by atoms with E-state index in [1.165, 1.54) is 4.90 Å². The van der Waals surface area contributed by atoms with Crippen LogP contribution in [0.1, 0.15) is 86.0 Å². The Labute approximate surface area is 337 Å². The van der Waals surface area contributed by atoms with Gasteiger partial charge in [-0.3, -0.25) is 24.5 Å². The lowest BCUT2D eigenvalue weighted by atomic mass is 9.85. The van der Waals surface area contributed by atoms with Crippen LogP contribution < -0.4 is 30.4 Å². The summed E-state index contributed by atoms with van der Waals surface area (Å²) in [6.07, 6.45) is 3.56. The van der Waals surface area contributed by atoms with Crippen LogP contribution >= 0.6 is 0 Å². The number of hydrazine groups is 1. The SMILES string of the molecule is CCC1CC(C)CCC=CC2CC2(C(=O)NS(=O)(=O)C2(C)CC2)NC(=O)C2CC(Oc3nccc4cc(OC)ccc34)CN2C(=O)C1NNC(=O)OC(C)(C)C(F)F. The first kappa shape index (κ1) is 43.0. The number of nitrogens with zero attached hydrogens (tertiary/aromatic N) is 2. The number of rotatable bonds is 11. The maximum atomic E-state index is 14.9. The highest BCUT2D eigenvalue weighted by Gasteiger charge is 2.63. The zero-order valence-corrected chi connectivity index (χ0v) is 34.5. The molecular weight excluding hydrogens is 779 g/mol. The van der Waals surface area contributed by atoms with Crippen LogP contribution in [0.25, 0.3) is 10.8 Å². The average molecular weight is 833 g/mol. The van der Waals surface area contributed by atoms with Crippen LogP contribution in [0.4, 0.5) is 13.6 Å². The molecule has 4 aliphatic rings. The van der Waals surface area contributed by atoms with Gasteiger partial charge in [0.15, 0.2) is 5.60 Å². The molecule has 15 nitrogen and oxygen atoms in total. The summed E-state index contributed by atoms with van der Waals surface area (Å²) in [6, 6.07) is 4.78. The molecule has 58 heavy (non-hydrogen) atoms. The number of carbonyl (C=O) groups excluding carboxylic acids is 4. The van der Waals surface area contributed by atoms with E-state index in [2.05, 4.69) is 25.9 Å². The van der Waals surface area contributed by atoms with Gasteiger partial charge in [-0.05, 0) is 101 Å². The topological polar surface area (TPSA) is 194 Å². The van der Waals surface area contributed by atoms with Gasteiger partial charge in [0.2, 0.25) is 27.7 Å². The van der Waals surface area contributed by atoms with E-state index in [0.29, 0.717) is 49.7 Å². The fourth-order valence-corrected chi connectivity index (χ4v) is 9.08. The largest absolute Gasteiger partial charge is 0.497 e. The Bertz CT molecular complexity index is 2050. The summed E-state index contributed by atoms with van der Waals surface area (Å²) in [5.41, 5.74) is 1.35. The van der Waals surface area contributed by atoms with Crippen LogP contribution in [0, 0.1) is 17.8 Å². The molecule has 2 aromatic rings. The number of alkyl halides is 2. The van der Waals surface area contributed by atoms with E-state index >= 15 is 0 Å². The Hall–Kier alpha value is -4.58. The summed E-state index contributed by atoms with van der Waals surface area (Å²) in [7, 11) is -2.49. The minimum Gasteiger partial charge on any atom is -0.497 e. The predicted molar refractivity (Wildman–Crippen MR) is 209 cm³/mol. The minimum atomic E-state index is -4.04. The number of benzene rings is 1. The molecule has 1 saturated heterocycles. The van der Waals surface area contributed by atoms with Gasteiger partial charge in [0.05, 0.1) is 18.4 Å². The third-order valence-electron chi connectivity index (χ3n) is 12.0. The molecule has 3 fully saturated rings. The highest BCUT2D eigenvalue weighted by molar-refractivity contribution is 7.91. The van der Waals surface area contributed by atoms with E-state index < -0.39 is 86.2 Å². The third kappa shape index (κ3) is 9.01. The lowest BCUT2D eigenvalue weighted by Gasteiger charge is -2.34. The first-order valence-electron chi connectivity index (χ1n) is 19.8. The van der Waals surface area contributed by atoms with Gasteiger partial charge in [0.25, 0.3) is 12.3 Å². The van der Waals surface area contributed by atoms with E-state index in [1.807, 2.05) is 32.1 Å². The Kier molecular flexibility index (Phi) is 12.3. The van der Waals surface area contributed by atoms with E-state index in [0.717, 1.165) is 19.2 Å². The van der Waals surface area contributed by atoms with Gasteiger partial charge in [-0.25, -0.2) is 32.4 Å². The van der Waals surface area contributed by atoms with Crippen LogP contribution in [-0.2, 0) is 29.1 Å². The predicted octanol–water partition coefficient (Wildman–Crippen LogP) is 4.51. The van der Waals surface area contributed by atoms with Gasteiger partial charge in [0, 0.05) is 23.9 Å². The molecule has 7 unspecified atom stereocenters. The molecule has 318 valence electrons. The van der Waals surface area contributed by atoms with E-state index in [9.17, 15) is 36.4 Å². The number of pyridine rings is 1. The number of halogens is 2. The van der Waals surface area contributed by atoms with Crippen molar-refractivity contribution in [1.82, 2.24) is 30.8 Å². The second-order valence-electron chi connectivity index (χ2n) is 16.9. The maximum absolute atomic E-state index is 14.9. The Balaban J connectivity index is 1.34. The zero-order chi connectivity index (χ0) is 42.2. The maximum Gasteiger partial charge on any atom is 0.422 e. The number of amides is 4.